The molecule has 5 aliphatic carbocycles. The molecule has 0 aromatic heterocycles. The summed E-state index contributed by atoms with van der Waals surface area (Å²) in [5, 5.41) is 11.0. The van der Waals surface area contributed by atoms with E-state index >= 15 is 0 Å². The van der Waals surface area contributed by atoms with E-state index in [1.54, 1.807) is 6.92 Å². The Kier molecular flexibility index (Phi) is 6.89. The van der Waals surface area contributed by atoms with E-state index in [9.17, 15) is 14.7 Å². The van der Waals surface area contributed by atoms with Crippen LogP contribution in [0.25, 0.3) is 0 Å². The molecule has 0 unspecified atom stereocenters. The van der Waals surface area contributed by atoms with Crippen molar-refractivity contribution < 1.29 is 24.2 Å². The first-order valence-corrected chi connectivity index (χ1v) is 15.6. The van der Waals surface area contributed by atoms with Crippen LogP contribution in [-0.4, -0.2) is 35.9 Å². The lowest BCUT2D eigenvalue weighted by molar-refractivity contribution is -0.254. The molecule has 0 amide bonds. The second kappa shape index (κ2) is 9.21. The minimum atomic E-state index is -0.322. The maximum atomic E-state index is 11.9. The average Bonchev–Trinajstić information content (AvgIpc) is 3.20. The number of aliphatic hydroxyl groups excluding tert-OH is 1. The molecule has 5 nitrogen and oxygen atoms in total. The molecule has 38 heavy (non-hydrogen) atoms. The van der Waals surface area contributed by atoms with E-state index in [1.165, 1.54) is 39.0 Å². The maximum absolute atomic E-state index is 11.9. The predicted molar refractivity (Wildman–Crippen MR) is 148 cm³/mol. The molecule has 0 bridgehead atoms. The largest absolute Gasteiger partial charge is 0.465 e. The molecule has 0 aromatic rings. The first kappa shape index (κ1) is 28.4. The van der Waals surface area contributed by atoms with Crippen molar-refractivity contribution in [2.24, 2.45) is 56.7 Å². The first-order valence-electron chi connectivity index (χ1n) is 15.6. The van der Waals surface area contributed by atoms with Crippen LogP contribution < -0.4 is 0 Å². The molecule has 0 heterocycles. The third-order valence-corrected chi connectivity index (χ3v) is 14.1. The molecule has 0 radical (unpaired) electrons. The molecule has 5 heteroatoms. The van der Waals surface area contributed by atoms with Gasteiger partial charge in [-0.05, 0) is 117 Å². The summed E-state index contributed by atoms with van der Waals surface area (Å²) in [4.78, 5) is 23.8. The van der Waals surface area contributed by atoms with Gasteiger partial charge in [0.05, 0.1) is 12.7 Å². The van der Waals surface area contributed by atoms with Crippen LogP contribution in [0.2, 0.25) is 0 Å². The van der Waals surface area contributed by atoms with Gasteiger partial charge in [0.25, 0.3) is 0 Å². The van der Waals surface area contributed by atoms with Gasteiger partial charge in [0.1, 0.15) is 6.10 Å². The van der Waals surface area contributed by atoms with Crippen LogP contribution in [0.4, 0.5) is 0 Å². The van der Waals surface area contributed by atoms with Crippen LogP contribution in [0.1, 0.15) is 120 Å². The van der Waals surface area contributed by atoms with Gasteiger partial charge in [-0.15, -0.1) is 0 Å². The highest BCUT2D eigenvalue weighted by molar-refractivity contribution is 5.66. The minimum Gasteiger partial charge on any atom is -0.465 e. The number of hydrogen-bond donors (Lipinski definition) is 1. The lowest BCUT2D eigenvalue weighted by Gasteiger charge is -2.73. The van der Waals surface area contributed by atoms with Crippen molar-refractivity contribution >= 4 is 11.9 Å². The molecule has 5 fully saturated rings. The fourth-order valence-electron chi connectivity index (χ4n) is 12.2. The van der Waals surface area contributed by atoms with E-state index in [0.29, 0.717) is 36.2 Å². The Bertz CT molecular complexity index is 957. The molecule has 11 atom stereocenters. The summed E-state index contributed by atoms with van der Waals surface area (Å²) in [5.41, 5.74) is 0.693. The van der Waals surface area contributed by atoms with Crippen molar-refractivity contribution in [3.05, 3.63) is 0 Å². The Morgan fingerprint density at radius 1 is 0.816 bits per heavy atom. The summed E-state index contributed by atoms with van der Waals surface area (Å²) in [6, 6.07) is 0. The fraction of sp³-hybridized carbons (Fsp3) is 0.939. The predicted octanol–water partition coefficient (Wildman–Crippen LogP) is 6.94. The van der Waals surface area contributed by atoms with Crippen LogP contribution in [0.15, 0.2) is 0 Å². The number of aliphatic hydroxyl groups is 1. The zero-order chi connectivity index (χ0) is 27.9. The third-order valence-electron chi connectivity index (χ3n) is 14.1. The number of carbonyl (C=O) groups is 2. The van der Waals surface area contributed by atoms with Crippen LogP contribution in [0.5, 0.6) is 0 Å². The van der Waals surface area contributed by atoms with Crippen LogP contribution in [0.3, 0.4) is 0 Å². The number of fused-ring (bicyclic) bond motifs is 7. The van der Waals surface area contributed by atoms with Gasteiger partial charge in [-0.1, -0.05) is 34.6 Å². The zero-order valence-corrected chi connectivity index (χ0v) is 25.4. The van der Waals surface area contributed by atoms with E-state index in [2.05, 4.69) is 34.6 Å². The SMILES string of the molecule is CC(=O)OC[C@@]12CC[C@H]([C@@H](C)O)[C@H]1[C@@H]1CC[C@@H]3[C@]4(C)CC[C@H](OC(C)=O)C(C)(C)[C@@H]4CC[C@]3(C)[C@]1(C)CC2. The molecule has 216 valence electrons. The molecule has 5 rings (SSSR count). The number of esters is 2. The number of ether oxygens (including phenoxy) is 2. The Morgan fingerprint density at radius 2 is 1.53 bits per heavy atom. The van der Waals surface area contributed by atoms with Gasteiger partial charge < -0.3 is 14.6 Å². The third kappa shape index (κ3) is 3.86. The van der Waals surface area contributed by atoms with Crippen molar-refractivity contribution in [3.8, 4) is 0 Å². The Labute approximate surface area is 231 Å². The highest BCUT2D eigenvalue weighted by Gasteiger charge is 2.71. The topological polar surface area (TPSA) is 72.8 Å². The monoisotopic (exact) mass is 530 g/mol. The summed E-state index contributed by atoms with van der Waals surface area (Å²) in [6.07, 6.45) is 11.1. The quantitative estimate of drug-likeness (QED) is 0.399. The normalized spacial score (nSPS) is 50.0. The van der Waals surface area contributed by atoms with Gasteiger partial charge in [0.15, 0.2) is 0 Å². The second-order valence-corrected chi connectivity index (χ2v) is 15.7. The second-order valence-electron chi connectivity index (χ2n) is 15.7. The standard InChI is InChI=1S/C33H54O5/c1-20(34)23-11-16-33(19-37-21(2)35)18-17-31(7)24(28(23)33)9-10-26-30(6)14-13-27(38-22(3)36)29(4,5)25(30)12-15-32(26,31)8/h20,23-28,34H,9-19H2,1-8H3/t20-,23-,24+,25+,26-,27+,28+,30-,31-,32+,33+/m1/s1. The van der Waals surface area contributed by atoms with E-state index in [1.807, 2.05) is 6.92 Å². The average molecular weight is 531 g/mol. The van der Waals surface area contributed by atoms with E-state index in [4.69, 9.17) is 9.47 Å². The smallest absolute Gasteiger partial charge is 0.302 e. The Morgan fingerprint density at radius 3 is 2.16 bits per heavy atom. The summed E-state index contributed by atoms with van der Waals surface area (Å²) in [7, 11) is 0. The van der Waals surface area contributed by atoms with Gasteiger partial charge in [0.2, 0.25) is 0 Å². The van der Waals surface area contributed by atoms with Crippen molar-refractivity contribution in [2.75, 3.05) is 6.61 Å². The molecule has 5 saturated carbocycles. The van der Waals surface area contributed by atoms with Gasteiger partial charge in [-0.3, -0.25) is 9.59 Å². The number of rotatable bonds is 4. The van der Waals surface area contributed by atoms with Gasteiger partial charge in [-0.2, -0.15) is 0 Å². The molecule has 0 aromatic carbocycles. The lowest BCUT2D eigenvalue weighted by Crippen LogP contribution is -2.67. The first-order chi connectivity index (χ1) is 17.6. The van der Waals surface area contributed by atoms with Gasteiger partial charge in [0, 0.05) is 24.7 Å². The molecule has 1 N–H and O–H groups in total. The maximum Gasteiger partial charge on any atom is 0.302 e. The molecular formula is C33H54O5. The summed E-state index contributed by atoms with van der Waals surface area (Å²) < 4.78 is 11.7. The van der Waals surface area contributed by atoms with E-state index in [0.717, 1.165) is 32.1 Å². The van der Waals surface area contributed by atoms with Crippen molar-refractivity contribution in [1.82, 2.24) is 0 Å². The van der Waals surface area contributed by atoms with Crippen LogP contribution >= 0.6 is 0 Å². The molecule has 0 aliphatic heterocycles. The number of hydrogen-bond acceptors (Lipinski definition) is 5. The highest BCUT2D eigenvalue weighted by Crippen LogP contribution is 2.77. The molecule has 0 saturated heterocycles. The molecule has 5 aliphatic rings. The van der Waals surface area contributed by atoms with Crippen molar-refractivity contribution in [2.45, 2.75) is 132 Å². The zero-order valence-electron chi connectivity index (χ0n) is 25.4. The summed E-state index contributed by atoms with van der Waals surface area (Å²) in [5.74, 6) is 2.14. The van der Waals surface area contributed by atoms with Crippen LogP contribution in [-0.2, 0) is 19.1 Å². The minimum absolute atomic E-state index is 0.0104. The van der Waals surface area contributed by atoms with Crippen molar-refractivity contribution in [1.29, 1.82) is 0 Å². The van der Waals surface area contributed by atoms with E-state index in [-0.39, 0.29) is 51.2 Å². The van der Waals surface area contributed by atoms with Crippen LogP contribution in [0, 0.1) is 56.7 Å². The van der Waals surface area contributed by atoms with Crippen molar-refractivity contribution in [3.63, 3.8) is 0 Å². The summed E-state index contributed by atoms with van der Waals surface area (Å²) in [6.45, 7) is 18.1. The number of carbonyl (C=O) groups excluding carboxylic acids is 2. The Hall–Kier alpha value is -1.10. The Balaban J connectivity index is 1.49. The van der Waals surface area contributed by atoms with E-state index < -0.39 is 0 Å². The lowest BCUT2D eigenvalue weighted by atomic mass is 9.32. The molecule has 0 spiro atoms. The summed E-state index contributed by atoms with van der Waals surface area (Å²) >= 11 is 0. The van der Waals surface area contributed by atoms with Gasteiger partial charge in [-0.25, -0.2) is 0 Å². The van der Waals surface area contributed by atoms with Gasteiger partial charge >= 0.3 is 11.9 Å². The fourth-order valence-corrected chi connectivity index (χ4v) is 12.2. The molecular weight excluding hydrogens is 476 g/mol. The highest BCUT2D eigenvalue weighted by atomic mass is 16.5.